The van der Waals surface area contributed by atoms with Crippen LogP contribution in [0.15, 0.2) is 18.2 Å². The Morgan fingerprint density at radius 3 is 2.78 bits per heavy atom. The molecule has 0 amide bonds. The first-order chi connectivity index (χ1) is 8.60. The van der Waals surface area contributed by atoms with E-state index in [0.29, 0.717) is 12.5 Å². The van der Waals surface area contributed by atoms with Gasteiger partial charge in [0.2, 0.25) is 0 Å². The van der Waals surface area contributed by atoms with Crippen LogP contribution in [0.1, 0.15) is 24.0 Å². The maximum Gasteiger partial charge on any atom is 0.321 e. The molecule has 1 aliphatic rings. The first-order valence-corrected chi connectivity index (χ1v) is 6.22. The Balaban J connectivity index is 2.05. The van der Waals surface area contributed by atoms with Crippen molar-refractivity contribution in [1.82, 2.24) is 5.32 Å². The van der Waals surface area contributed by atoms with Gasteiger partial charge in [0, 0.05) is 6.04 Å². The number of hydrogen-bond acceptors (Lipinski definition) is 3. The van der Waals surface area contributed by atoms with Crippen molar-refractivity contribution < 1.29 is 14.6 Å². The first kappa shape index (κ1) is 12.9. The predicted molar refractivity (Wildman–Crippen MR) is 69.0 cm³/mol. The van der Waals surface area contributed by atoms with Crippen LogP contribution < -0.4 is 10.1 Å². The number of carboxylic acids is 1. The van der Waals surface area contributed by atoms with Crippen molar-refractivity contribution in [3.8, 4) is 5.75 Å². The molecular formula is C14H19NO3. The van der Waals surface area contributed by atoms with E-state index in [1.165, 1.54) is 0 Å². The van der Waals surface area contributed by atoms with Gasteiger partial charge in [-0.3, -0.25) is 4.79 Å². The lowest BCUT2D eigenvalue weighted by molar-refractivity contribution is -0.139. The van der Waals surface area contributed by atoms with Crippen LogP contribution in [0.4, 0.5) is 0 Å². The van der Waals surface area contributed by atoms with Crippen LogP contribution in [-0.4, -0.2) is 30.3 Å². The normalized spacial score (nSPS) is 16.3. The zero-order chi connectivity index (χ0) is 13.1. The molecule has 2 N–H and O–H groups in total. The Hall–Kier alpha value is -1.55. The molecule has 1 aromatic carbocycles. The summed E-state index contributed by atoms with van der Waals surface area (Å²) in [7, 11) is 1.64. The molecule has 0 heterocycles. The summed E-state index contributed by atoms with van der Waals surface area (Å²) < 4.78 is 5.20. The third-order valence-corrected chi connectivity index (χ3v) is 3.21. The Bertz CT molecular complexity index is 441. The van der Waals surface area contributed by atoms with Gasteiger partial charge in [0.25, 0.3) is 0 Å². The zero-order valence-corrected chi connectivity index (χ0v) is 10.8. The van der Waals surface area contributed by atoms with Gasteiger partial charge >= 0.3 is 5.97 Å². The molecule has 4 heteroatoms. The van der Waals surface area contributed by atoms with Gasteiger partial charge in [0.15, 0.2) is 0 Å². The van der Waals surface area contributed by atoms with Crippen LogP contribution in [0.5, 0.6) is 5.75 Å². The molecule has 1 aliphatic carbocycles. The summed E-state index contributed by atoms with van der Waals surface area (Å²) in [6.45, 7) is 1.96. The van der Waals surface area contributed by atoms with Gasteiger partial charge in [0.05, 0.1) is 7.11 Å². The van der Waals surface area contributed by atoms with Gasteiger partial charge < -0.3 is 15.2 Å². The molecular weight excluding hydrogens is 230 g/mol. The molecule has 0 aliphatic heterocycles. The number of aryl methyl sites for hydroxylation is 1. The average Bonchev–Trinajstić information content (AvgIpc) is 3.12. The summed E-state index contributed by atoms with van der Waals surface area (Å²) >= 11 is 0. The monoisotopic (exact) mass is 249 g/mol. The summed E-state index contributed by atoms with van der Waals surface area (Å²) in [5.74, 6) is 0.0520. The standard InChI is InChI=1S/C14H19NO3/c1-9-7-10(3-6-13(9)18-2)8-12(14(16)17)15-11-4-5-11/h3,6-7,11-12,15H,4-5,8H2,1-2H3,(H,16,17). The van der Waals surface area contributed by atoms with E-state index in [0.717, 1.165) is 29.7 Å². The highest BCUT2D eigenvalue weighted by Crippen LogP contribution is 2.22. The van der Waals surface area contributed by atoms with E-state index in [1.54, 1.807) is 7.11 Å². The predicted octanol–water partition coefficient (Wildman–Crippen LogP) is 1.75. The minimum Gasteiger partial charge on any atom is -0.496 e. The summed E-state index contributed by atoms with van der Waals surface area (Å²) in [5.41, 5.74) is 2.06. The van der Waals surface area contributed by atoms with E-state index in [2.05, 4.69) is 5.32 Å². The van der Waals surface area contributed by atoms with Crippen LogP contribution in [0.2, 0.25) is 0 Å². The maximum absolute atomic E-state index is 11.2. The van der Waals surface area contributed by atoms with Crippen molar-refractivity contribution >= 4 is 5.97 Å². The van der Waals surface area contributed by atoms with Gasteiger partial charge in [-0.1, -0.05) is 12.1 Å². The Kier molecular flexibility index (Phi) is 3.87. The first-order valence-electron chi connectivity index (χ1n) is 6.22. The second kappa shape index (κ2) is 5.40. The van der Waals surface area contributed by atoms with E-state index >= 15 is 0 Å². The van der Waals surface area contributed by atoms with Gasteiger partial charge in [-0.15, -0.1) is 0 Å². The molecule has 98 valence electrons. The van der Waals surface area contributed by atoms with Crippen molar-refractivity contribution in [2.24, 2.45) is 0 Å². The highest BCUT2D eigenvalue weighted by Gasteiger charge is 2.28. The fourth-order valence-corrected chi connectivity index (χ4v) is 2.06. The number of carbonyl (C=O) groups is 1. The summed E-state index contributed by atoms with van der Waals surface area (Å²) in [5, 5.41) is 12.4. The summed E-state index contributed by atoms with van der Waals surface area (Å²) in [6, 6.07) is 5.70. The Morgan fingerprint density at radius 2 is 2.28 bits per heavy atom. The van der Waals surface area contributed by atoms with E-state index in [1.807, 2.05) is 25.1 Å². The van der Waals surface area contributed by atoms with Gasteiger partial charge in [-0.2, -0.15) is 0 Å². The SMILES string of the molecule is COc1ccc(CC(NC2CC2)C(=O)O)cc1C. The lowest BCUT2D eigenvalue weighted by Crippen LogP contribution is -2.39. The number of carboxylic acid groups (broad SMARTS) is 1. The molecule has 0 aromatic heterocycles. The van der Waals surface area contributed by atoms with E-state index in [4.69, 9.17) is 4.74 Å². The highest BCUT2D eigenvalue weighted by molar-refractivity contribution is 5.74. The number of methoxy groups -OCH3 is 1. The molecule has 0 bridgehead atoms. The molecule has 0 saturated heterocycles. The number of ether oxygens (including phenoxy) is 1. The number of aliphatic carboxylic acids is 1. The molecule has 18 heavy (non-hydrogen) atoms. The largest absolute Gasteiger partial charge is 0.496 e. The molecule has 1 fully saturated rings. The summed E-state index contributed by atoms with van der Waals surface area (Å²) in [6.07, 6.45) is 2.69. The second-order valence-corrected chi connectivity index (χ2v) is 4.84. The molecule has 1 unspecified atom stereocenters. The van der Waals surface area contributed by atoms with Gasteiger partial charge in [0.1, 0.15) is 11.8 Å². The molecule has 4 nitrogen and oxygen atoms in total. The fourth-order valence-electron chi connectivity index (χ4n) is 2.06. The third kappa shape index (κ3) is 3.23. The smallest absolute Gasteiger partial charge is 0.321 e. The van der Waals surface area contributed by atoms with Crippen LogP contribution in [0.3, 0.4) is 0 Å². The summed E-state index contributed by atoms with van der Waals surface area (Å²) in [4.78, 5) is 11.2. The van der Waals surface area contributed by atoms with Crippen molar-refractivity contribution in [2.75, 3.05) is 7.11 Å². The third-order valence-electron chi connectivity index (χ3n) is 3.21. The van der Waals surface area contributed by atoms with E-state index in [-0.39, 0.29) is 0 Å². The topological polar surface area (TPSA) is 58.6 Å². The Labute approximate surface area is 107 Å². The molecule has 1 atom stereocenters. The molecule has 0 spiro atoms. The van der Waals surface area contributed by atoms with Crippen LogP contribution in [-0.2, 0) is 11.2 Å². The van der Waals surface area contributed by atoms with Crippen molar-refractivity contribution in [3.05, 3.63) is 29.3 Å². The second-order valence-electron chi connectivity index (χ2n) is 4.84. The number of nitrogens with one attached hydrogen (secondary N) is 1. The minimum absolute atomic E-state index is 0.394. The molecule has 2 rings (SSSR count). The molecule has 1 aromatic rings. The van der Waals surface area contributed by atoms with Crippen LogP contribution in [0, 0.1) is 6.92 Å². The van der Waals surface area contributed by atoms with Gasteiger partial charge in [-0.05, 0) is 43.4 Å². The zero-order valence-electron chi connectivity index (χ0n) is 10.8. The fraction of sp³-hybridized carbons (Fsp3) is 0.500. The average molecular weight is 249 g/mol. The molecule has 1 saturated carbocycles. The Morgan fingerprint density at radius 1 is 1.56 bits per heavy atom. The van der Waals surface area contributed by atoms with Gasteiger partial charge in [-0.25, -0.2) is 0 Å². The number of rotatable bonds is 6. The van der Waals surface area contributed by atoms with Crippen molar-refractivity contribution in [2.45, 2.75) is 38.3 Å². The van der Waals surface area contributed by atoms with E-state index in [9.17, 15) is 9.90 Å². The molecule has 0 radical (unpaired) electrons. The van der Waals surface area contributed by atoms with Crippen molar-refractivity contribution in [1.29, 1.82) is 0 Å². The highest BCUT2D eigenvalue weighted by atomic mass is 16.5. The quantitative estimate of drug-likeness (QED) is 0.806. The van der Waals surface area contributed by atoms with E-state index < -0.39 is 12.0 Å². The minimum atomic E-state index is -0.782. The maximum atomic E-state index is 11.2. The lowest BCUT2D eigenvalue weighted by Gasteiger charge is -2.15. The lowest BCUT2D eigenvalue weighted by atomic mass is 10.0. The number of benzene rings is 1. The van der Waals surface area contributed by atoms with Crippen LogP contribution >= 0.6 is 0 Å². The number of hydrogen-bond donors (Lipinski definition) is 2. The van der Waals surface area contributed by atoms with Crippen LogP contribution in [0.25, 0.3) is 0 Å². The van der Waals surface area contributed by atoms with Crippen molar-refractivity contribution in [3.63, 3.8) is 0 Å².